The molecule has 0 aliphatic rings. The normalized spacial score (nSPS) is 12.4. The summed E-state index contributed by atoms with van der Waals surface area (Å²) in [4.78, 5) is 37.7. The van der Waals surface area contributed by atoms with Crippen molar-refractivity contribution in [2.45, 2.75) is 199 Å². The van der Waals surface area contributed by atoms with Crippen molar-refractivity contribution >= 4 is 17.7 Å². The molecule has 0 aliphatic heterocycles. The van der Waals surface area contributed by atoms with Gasteiger partial charge in [-0.25, -0.2) is 0 Å². The maximum absolute atomic E-state index is 12.9. The van der Waals surface area contributed by atoms with E-state index in [1.165, 1.54) is 128 Å². The van der Waals surface area contributed by atoms with Crippen LogP contribution >= 0.6 is 0 Å². The largest absolute Gasteiger partial charge is 0.379 e. The van der Waals surface area contributed by atoms with Crippen molar-refractivity contribution in [3.05, 3.63) is 0 Å². The van der Waals surface area contributed by atoms with Crippen LogP contribution in [0.5, 0.6) is 0 Å². The van der Waals surface area contributed by atoms with E-state index < -0.39 is 11.9 Å². The van der Waals surface area contributed by atoms with Crippen LogP contribution in [0.4, 0.5) is 0 Å². The summed E-state index contributed by atoms with van der Waals surface area (Å²) in [6.07, 6.45) is 30.8. The summed E-state index contributed by atoms with van der Waals surface area (Å²) in [7, 11) is 0. The van der Waals surface area contributed by atoms with Gasteiger partial charge < -0.3 is 69.5 Å². The molecule has 0 saturated heterocycles. The molecule has 0 aromatic heterocycles. The van der Waals surface area contributed by atoms with Gasteiger partial charge in [0.25, 0.3) is 0 Å². The molecular weight excluding hydrogens is 925 g/mol. The van der Waals surface area contributed by atoms with Gasteiger partial charge in [-0.15, -0.1) is 0 Å². The molecule has 0 aromatic rings. The first-order valence-corrected chi connectivity index (χ1v) is 28.8. The van der Waals surface area contributed by atoms with Crippen LogP contribution in [0.1, 0.15) is 187 Å². The van der Waals surface area contributed by atoms with Gasteiger partial charge in [-0.1, -0.05) is 155 Å². The van der Waals surface area contributed by atoms with Crippen molar-refractivity contribution in [2.75, 3.05) is 139 Å². The van der Waals surface area contributed by atoms with Crippen LogP contribution in [-0.4, -0.2) is 168 Å². The summed E-state index contributed by atoms with van der Waals surface area (Å²) < 4.78 is 55.9. The molecule has 0 bridgehead atoms. The van der Waals surface area contributed by atoms with E-state index in [1.54, 1.807) is 0 Å². The van der Waals surface area contributed by atoms with Gasteiger partial charge in [-0.05, 0) is 19.3 Å². The topological polar surface area (TPSA) is 220 Å². The van der Waals surface area contributed by atoms with Crippen molar-refractivity contribution in [1.82, 2.24) is 10.6 Å². The lowest BCUT2D eigenvalue weighted by Crippen LogP contribution is -2.45. The number of hydrogen-bond donors (Lipinski definition) is 4. The number of amides is 3. The molecule has 72 heavy (non-hydrogen) atoms. The number of nitrogens with one attached hydrogen (secondary N) is 2. The molecule has 17 nitrogen and oxygen atoms in total. The van der Waals surface area contributed by atoms with Crippen LogP contribution in [-0.2, 0) is 61.8 Å². The first-order valence-electron chi connectivity index (χ1n) is 28.8. The minimum atomic E-state index is -0.970. The SMILES string of the molecule is CCCCCCCCCCCCCCOCC(CNC(=O)CC[C@H](NC(=O)CCOCCOCCOCCOCCOCCOCCOCCOCCN)C(N)=O)OCCCCCCCCCCCCCC. The second-order valence-corrected chi connectivity index (χ2v) is 18.6. The number of carbonyl (C=O) groups excluding carboxylic acids is 3. The summed E-state index contributed by atoms with van der Waals surface area (Å²) >= 11 is 0. The molecule has 17 heteroatoms. The predicted molar refractivity (Wildman–Crippen MR) is 286 cm³/mol. The maximum Gasteiger partial charge on any atom is 0.240 e. The standard InChI is InChI=1S/C55H110N4O13/c1-3-5-7-9-11-13-15-17-19-21-23-25-31-71-50-51(72-32-26-24-22-20-18-16-14-12-10-8-6-4-2)49-58-53(60)28-27-52(55(57)62)59-54(61)29-33-63-35-37-65-39-41-67-43-45-69-47-48-70-46-44-68-42-40-66-38-36-64-34-30-56/h51-52H,3-50,56H2,1-2H3,(H2,57,62)(H,58,60)(H,59,61)/t51?,52-/m0/s1. The van der Waals surface area contributed by atoms with E-state index in [2.05, 4.69) is 24.5 Å². The third kappa shape index (κ3) is 55.7. The van der Waals surface area contributed by atoms with Crippen LogP contribution < -0.4 is 22.1 Å². The second-order valence-electron chi connectivity index (χ2n) is 18.6. The predicted octanol–water partition coefficient (Wildman–Crippen LogP) is 8.14. The first-order chi connectivity index (χ1) is 35.4. The summed E-state index contributed by atoms with van der Waals surface area (Å²) in [5, 5.41) is 5.60. The van der Waals surface area contributed by atoms with Crippen molar-refractivity contribution < 1.29 is 61.8 Å². The van der Waals surface area contributed by atoms with Gasteiger partial charge in [0, 0.05) is 39.1 Å². The number of carbonyl (C=O) groups is 3. The van der Waals surface area contributed by atoms with Crippen molar-refractivity contribution in [2.24, 2.45) is 11.5 Å². The fourth-order valence-electron chi connectivity index (χ4n) is 7.65. The van der Waals surface area contributed by atoms with Crippen LogP contribution in [0.2, 0.25) is 0 Å². The van der Waals surface area contributed by atoms with Gasteiger partial charge in [-0.3, -0.25) is 14.4 Å². The highest BCUT2D eigenvalue weighted by Crippen LogP contribution is 2.14. The Balaban J connectivity index is 4.18. The Bertz CT molecular complexity index is 1130. The Morgan fingerprint density at radius 1 is 0.389 bits per heavy atom. The average Bonchev–Trinajstić information content (AvgIpc) is 3.37. The minimum absolute atomic E-state index is 0.0287. The van der Waals surface area contributed by atoms with E-state index in [9.17, 15) is 14.4 Å². The molecule has 0 aromatic carbocycles. The number of ether oxygens (including phenoxy) is 10. The van der Waals surface area contributed by atoms with Crippen LogP contribution in [0.3, 0.4) is 0 Å². The molecule has 0 spiro atoms. The fraction of sp³-hybridized carbons (Fsp3) is 0.945. The van der Waals surface area contributed by atoms with E-state index in [4.69, 9.17) is 58.8 Å². The van der Waals surface area contributed by atoms with Crippen LogP contribution in [0.25, 0.3) is 0 Å². The first kappa shape index (κ1) is 70.0. The van der Waals surface area contributed by atoms with Gasteiger partial charge in [0.2, 0.25) is 17.7 Å². The van der Waals surface area contributed by atoms with Gasteiger partial charge in [0.05, 0.1) is 118 Å². The maximum atomic E-state index is 12.9. The zero-order chi connectivity index (χ0) is 52.3. The molecule has 2 atom stereocenters. The van der Waals surface area contributed by atoms with Crippen molar-refractivity contribution in [3.8, 4) is 0 Å². The molecule has 0 radical (unpaired) electrons. The third-order valence-electron chi connectivity index (χ3n) is 12.0. The summed E-state index contributed by atoms with van der Waals surface area (Å²) in [5.41, 5.74) is 10.9. The average molecular weight is 1040 g/mol. The Hall–Kier alpha value is -2.03. The lowest BCUT2D eigenvalue weighted by atomic mass is 10.1. The molecule has 0 fully saturated rings. The number of hydrogen-bond acceptors (Lipinski definition) is 14. The highest BCUT2D eigenvalue weighted by atomic mass is 16.6. The zero-order valence-corrected chi connectivity index (χ0v) is 46.1. The molecular formula is C55H110N4O13. The molecule has 0 saturated carbocycles. The van der Waals surface area contributed by atoms with Gasteiger partial charge in [0.1, 0.15) is 6.04 Å². The van der Waals surface area contributed by atoms with Crippen LogP contribution in [0.15, 0.2) is 0 Å². The number of rotatable bonds is 62. The lowest BCUT2D eigenvalue weighted by Gasteiger charge is -2.20. The highest BCUT2D eigenvalue weighted by Gasteiger charge is 2.20. The second kappa shape index (κ2) is 59.8. The summed E-state index contributed by atoms with van der Waals surface area (Å²) in [6, 6.07) is -0.970. The number of nitrogens with two attached hydrogens (primary N) is 2. The Morgan fingerprint density at radius 2 is 0.736 bits per heavy atom. The van der Waals surface area contributed by atoms with E-state index in [-0.39, 0.29) is 43.8 Å². The molecule has 0 aliphatic carbocycles. The molecule has 0 heterocycles. The lowest BCUT2D eigenvalue weighted by molar-refractivity contribution is -0.129. The summed E-state index contributed by atoms with van der Waals surface area (Å²) in [6.45, 7) is 14.1. The molecule has 6 N–H and O–H groups in total. The van der Waals surface area contributed by atoms with E-state index in [1.807, 2.05) is 0 Å². The quantitative estimate of drug-likeness (QED) is 0.0423. The third-order valence-corrected chi connectivity index (χ3v) is 12.0. The number of primary amides is 1. The van der Waals surface area contributed by atoms with Crippen molar-refractivity contribution in [1.29, 1.82) is 0 Å². The molecule has 428 valence electrons. The van der Waals surface area contributed by atoms with Crippen LogP contribution in [0, 0.1) is 0 Å². The van der Waals surface area contributed by atoms with E-state index in [0.29, 0.717) is 132 Å². The Labute approximate surface area is 438 Å². The van der Waals surface area contributed by atoms with Gasteiger partial charge in [-0.2, -0.15) is 0 Å². The van der Waals surface area contributed by atoms with Gasteiger partial charge >= 0.3 is 0 Å². The van der Waals surface area contributed by atoms with Gasteiger partial charge in [0.15, 0.2) is 0 Å². The summed E-state index contributed by atoms with van der Waals surface area (Å²) in [5.74, 6) is -1.32. The number of unbranched alkanes of at least 4 members (excludes halogenated alkanes) is 22. The smallest absolute Gasteiger partial charge is 0.240 e. The van der Waals surface area contributed by atoms with E-state index >= 15 is 0 Å². The molecule has 3 amide bonds. The fourth-order valence-corrected chi connectivity index (χ4v) is 7.65. The van der Waals surface area contributed by atoms with Crippen molar-refractivity contribution in [3.63, 3.8) is 0 Å². The Morgan fingerprint density at radius 3 is 1.11 bits per heavy atom. The molecule has 0 rings (SSSR count). The Kier molecular flexibility index (Phi) is 58.2. The molecule has 1 unspecified atom stereocenters. The minimum Gasteiger partial charge on any atom is -0.379 e. The highest BCUT2D eigenvalue weighted by molar-refractivity contribution is 5.87. The zero-order valence-electron chi connectivity index (χ0n) is 46.1. The monoisotopic (exact) mass is 1030 g/mol. The van der Waals surface area contributed by atoms with E-state index in [0.717, 1.165) is 25.7 Å².